The Morgan fingerprint density at radius 3 is 2.35 bits per heavy atom. The van der Waals surface area contributed by atoms with Crippen molar-refractivity contribution >= 4 is 11.6 Å². The summed E-state index contributed by atoms with van der Waals surface area (Å²) in [6, 6.07) is 26.7. The average molecular weight is 450 g/mol. The van der Waals surface area contributed by atoms with Gasteiger partial charge in [-0.1, -0.05) is 48.5 Å². The first kappa shape index (κ1) is 20.3. The predicted molar refractivity (Wildman–Crippen MR) is 131 cm³/mol. The highest BCUT2D eigenvalue weighted by Gasteiger charge is 2.38. The summed E-state index contributed by atoms with van der Waals surface area (Å²) in [6.07, 6.45) is 2.06. The zero-order valence-corrected chi connectivity index (χ0v) is 18.5. The number of carbonyl (C=O) groups excluding carboxylic acids is 1. The van der Waals surface area contributed by atoms with Crippen molar-refractivity contribution in [2.24, 2.45) is 0 Å². The topological polar surface area (TPSA) is 76.1 Å². The van der Waals surface area contributed by atoms with Gasteiger partial charge in [0.2, 0.25) is 0 Å². The molecule has 4 aromatic rings. The van der Waals surface area contributed by atoms with Gasteiger partial charge in [0.25, 0.3) is 5.56 Å². The Hall–Kier alpha value is -4.32. The molecule has 0 fully saturated rings. The van der Waals surface area contributed by atoms with Gasteiger partial charge in [-0.05, 0) is 54.8 Å². The number of hydrogen-bond acceptors (Lipinski definition) is 4. The zero-order valence-electron chi connectivity index (χ0n) is 18.5. The van der Waals surface area contributed by atoms with Crippen molar-refractivity contribution in [3.8, 4) is 17.2 Å². The van der Waals surface area contributed by atoms with E-state index in [1.54, 1.807) is 0 Å². The van der Waals surface area contributed by atoms with Gasteiger partial charge in [-0.3, -0.25) is 14.7 Å². The van der Waals surface area contributed by atoms with Crippen LogP contribution < -0.4 is 15.6 Å². The van der Waals surface area contributed by atoms with Crippen molar-refractivity contribution in [2.45, 2.75) is 25.2 Å². The molecule has 2 heterocycles. The molecular weight excluding hydrogens is 426 g/mol. The van der Waals surface area contributed by atoms with Crippen LogP contribution in [0.3, 0.4) is 0 Å². The third kappa shape index (κ3) is 3.44. The Balaban J connectivity index is 1.50. The van der Waals surface area contributed by atoms with Gasteiger partial charge in [0.15, 0.2) is 5.78 Å². The number of nitrogens with one attached hydrogen (secondary N) is 2. The minimum atomic E-state index is -0.466. The summed E-state index contributed by atoms with van der Waals surface area (Å²) in [7, 11) is 0. The van der Waals surface area contributed by atoms with Gasteiger partial charge in [0, 0.05) is 23.6 Å². The first-order valence-electron chi connectivity index (χ1n) is 11.5. The zero-order chi connectivity index (χ0) is 23.1. The molecule has 0 radical (unpaired) electrons. The van der Waals surface area contributed by atoms with Crippen molar-refractivity contribution in [3.05, 3.63) is 118 Å². The number of fused-ring (bicyclic) bond motifs is 1. The van der Waals surface area contributed by atoms with Crippen LogP contribution in [-0.4, -0.2) is 15.6 Å². The lowest BCUT2D eigenvalue weighted by atomic mass is 9.77. The Bertz CT molecular complexity index is 1470. The average Bonchev–Trinajstić information content (AvgIpc) is 3.20. The number of hydrogen-bond donors (Lipinski definition) is 2. The number of H-pyrrole nitrogens is 1. The number of aromatic nitrogens is 2. The second kappa shape index (κ2) is 8.23. The normalized spacial score (nSPS) is 17.1. The van der Waals surface area contributed by atoms with Gasteiger partial charge < -0.3 is 10.1 Å². The van der Waals surface area contributed by atoms with Crippen LogP contribution in [0.4, 0.5) is 5.82 Å². The number of benzene rings is 3. The number of Topliss-reactive ketones (excluding diaryl/α,β-unsaturated/α-hetero) is 1. The highest BCUT2D eigenvalue weighted by atomic mass is 16.5. The van der Waals surface area contributed by atoms with E-state index in [-0.39, 0.29) is 11.3 Å². The summed E-state index contributed by atoms with van der Waals surface area (Å²) in [6.45, 7) is 0. The molecule has 1 aliphatic carbocycles. The smallest absolute Gasteiger partial charge is 0.277 e. The number of allylic oxidation sites excluding steroid dienone is 2. The van der Waals surface area contributed by atoms with E-state index in [1.165, 1.54) is 4.68 Å². The van der Waals surface area contributed by atoms with E-state index in [1.807, 2.05) is 84.9 Å². The minimum absolute atomic E-state index is 0.0886. The van der Waals surface area contributed by atoms with Gasteiger partial charge >= 0.3 is 0 Å². The van der Waals surface area contributed by atoms with Crippen molar-refractivity contribution in [1.29, 1.82) is 0 Å². The molecule has 2 aliphatic rings. The minimum Gasteiger partial charge on any atom is -0.457 e. The summed E-state index contributed by atoms with van der Waals surface area (Å²) in [5, 5.41) is 6.60. The standard InChI is InChI=1S/C28H23N3O3/c32-23-16-8-15-22-25(23)24(18-9-7-14-21(17-18)34-20-12-5-2-6-13-20)26-27(29-22)30-31(28(26)33)19-10-3-1-4-11-19/h1-7,9-14,17,24,29-30H,8,15-16H2/t24-/m0/s1. The lowest BCUT2D eigenvalue weighted by Crippen LogP contribution is -2.29. The van der Waals surface area contributed by atoms with Crippen LogP contribution in [0.1, 0.15) is 36.3 Å². The van der Waals surface area contributed by atoms with Crippen molar-refractivity contribution in [2.75, 3.05) is 5.32 Å². The first-order valence-corrected chi connectivity index (χ1v) is 11.5. The number of ketones is 1. The molecule has 0 spiro atoms. The predicted octanol–water partition coefficient (Wildman–Crippen LogP) is 5.52. The maximum Gasteiger partial charge on any atom is 0.277 e. The van der Waals surface area contributed by atoms with Crippen LogP contribution in [0.25, 0.3) is 5.69 Å². The summed E-state index contributed by atoms with van der Waals surface area (Å²) in [5.74, 6) is 1.65. The van der Waals surface area contributed by atoms with Crippen LogP contribution in [0, 0.1) is 0 Å². The molecule has 3 aromatic carbocycles. The summed E-state index contributed by atoms with van der Waals surface area (Å²) >= 11 is 0. The molecule has 0 unspecified atom stereocenters. The Labute approximate surface area is 196 Å². The van der Waals surface area contributed by atoms with Crippen molar-refractivity contribution in [3.63, 3.8) is 0 Å². The van der Waals surface area contributed by atoms with Crippen molar-refractivity contribution in [1.82, 2.24) is 9.78 Å². The monoisotopic (exact) mass is 449 g/mol. The molecule has 0 amide bonds. The number of ether oxygens (including phenoxy) is 1. The summed E-state index contributed by atoms with van der Waals surface area (Å²) in [5.41, 5.74) is 3.56. The molecule has 6 rings (SSSR count). The molecule has 2 N–H and O–H groups in total. The van der Waals surface area contributed by atoms with E-state index in [0.717, 1.165) is 35.5 Å². The fourth-order valence-electron chi connectivity index (χ4n) is 4.91. The number of anilines is 1. The number of nitrogens with zero attached hydrogens (tertiary/aromatic N) is 1. The fraction of sp³-hybridized carbons (Fsp3) is 0.143. The highest BCUT2D eigenvalue weighted by molar-refractivity contribution is 6.00. The number of aromatic amines is 1. The van der Waals surface area contributed by atoms with Crippen LogP contribution >= 0.6 is 0 Å². The van der Waals surface area contributed by atoms with E-state index >= 15 is 0 Å². The maximum absolute atomic E-state index is 13.7. The molecule has 34 heavy (non-hydrogen) atoms. The second-order valence-corrected chi connectivity index (χ2v) is 8.59. The molecule has 1 aliphatic heterocycles. The van der Waals surface area contributed by atoms with Crippen LogP contribution in [0.5, 0.6) is 11.5 Å². The fourth-order valence-corrected chi connectivity index (χ4v) is 4.91. The Kier molecular flexibility index (Phi) is 4.91. The first-order chi connectivity index (χ1) is 16.7. The largest absolute Gasteiger partial charge is 0.457 e. The van der Waals surface area contributed by atoms with E-state index in [0.29, 0.717) is 29.1 Å². The van der Waals surface area contributed by atoms with E-state index in [9.17, 15) is 9.59 Å². The highest BCUT2D eigenvalue weighted by Crippen LogP contribution is 2.44. The molecule has 0 saturated heterocycles. The van der Waals surface area contributed by atoms with Gasteiger partial charge in [-0.15, -0.1) is 0 Å². The molecule has 6 heteroatoms. The number of rotatable bonds is 4. The van der Waals surface area contributed by atoms with Crippen LogP contribution in [-0.2, 0) is 4.79 Å². The summed E-state index contributed by atoms with van der Waals surface area (Å²) < 4.78 is 7.60. The number of para-hydroxylation sites is 2. The molecular formula is C28H23N3O3. The Morgan fingerprint density at radius 2 is 1.56 bits per heavy atom. The molecule has 1 atom stereocenters. The van der Waals surface area contributed by atoms with Gasteiger partial charge in [-0.25, -0.2) is 4.68 Å². The lowest BCUT2D eigenvalue weighted by Gasteiger charge is -2.31. The maximum atomic E-state index is 13.7. The molecule has 168 valence electrons. The van der Waals surface area contributed by atoms with Crippen molar-refractivity contribution < 1.29 is 9.53 Å². The van der Waals surface area contributed by atoms with Gasteiger partial charge in [0.05, 0.1) is 11.3 Å². The van der Waals surface area contributed by atoms with E-state index < -0.39 is 5.92 Å². The molecule has 1 aromatic heterocycles. The number of carbonyl (C=O) groups is 1. The van der Waals surface area contributed by atoms with E-state index in [2.05, 4.69) is 10.4 Å². The third-order valence-electron chi connectivity index (χ3n) is 6.42. The second-order valence-electron chi connectivity index (χ2n) is 8.59. The molecule has 0 bridgehead atoms. The third-order valence-corrected chi connectivity index (χ3v) is 6.42. The van der Waals surface area contributed by atoms with Crippen LogP contribution in [0.15, 0.2) is 101 Å². The Morgan fingerprint density at radius 1 is 0.824 bits per heavy atom. The molecule has 6 nitrogen and oxygen atoms in total. The quantitative estimate of drug-likeness (QED) is 0.430. The van der Waals surface area contributed by atoms with Gasteiger partial charge in [0.1, 0.15) is 17.3 Å². The van der Waals surface area contributed by atoms with Gasteiger partial charge in [-0.2, -0.15) is 0 Å². The van der Waals surface area contributed by atoms with Crippen LogP contribution in [0.2, 0.25) is 0 Å². The molecule has 0 saturated carbocycles. The lowest BCUT2D eigenvalue weighted by molar-refractivity contribution is -0.116. The summed E-state index contributed by atoms with van der Waals surface area (Å²) in [4.78, 5) is 26.8. The SMILES string of the molecule is O=C1CCCC2=C1[C@H](c1cccc(Oc3ccccc3)c1)c1c([nH]n(-c3ccccc3)c1=O)N2. The van der Waals surface area contributed by atoms with E-state index in [4.69, 9.17) is 4.74 Å².